The summed E-state index contributed by atoms with van der Waals surface area (Å²) in [5.74, 6) is -1.12. The first-order chi connectivity index (χ1) is 10.3. The minimum absolute atomic E-state index is 0.0423. The molecule has 0 bridgehead atoms. The van der Waals surface area contributed by atoms with Crippen molar-refractivity contribution in [3.63, 3.8) is 0 Å². The van der Waals surface area contributed by atoms with Crippen LogP contribution >= 0.6 is 0 Å². The Labute approximate surface area is 127 Å². The van der Waals surface area contributed by atoms with Crippen LogP contribution in [0.15, 0.2) is 24.3 Å². The molecule has 7 heteroatoms. The van der Waals surface area contributed by atoms with Crippen LogP contribution in [0.25, 0.3) is 0 Å². The molecule has 1 amide bonds. The number of ether oxygens (including phenoxy) is 1. The van der Waals surface area contributed by atoms with E-state index in [0.717, 1.165) is 11.3 Å². The number of benzene rings is 1. The maximum atomic E-state index is 12.4. The highest BCUT2D eigenvalue weighted by Gasteiger charge is 2.41. The van der Waals surface area contributed by atoms with Gasteiger partial charge in [-0.1, -0.05) is 12.1 Å². The minimum Gasteiger partial charge on any atom is -0.497 e. The van der Waals surface area contributed by atoms with Crippen LogP contribution in [-0.2, 0) is 4.79 Å². The van der Waals surface area contributed by atoms with Crippen molar-refractivity contribution in [2.45, 2.75) is 37.5 Å². The lowest BCUT2D eigenvalue weighted by molar-refractivity contribution is -0.174. The van der Waals surface area contributed by atoms with Gasteiger partial charge in [0.05, 0.1) is 7.11 Å². The highest BCUT2D eigenvalue weighted by atomic mass is 19.4. The zero-order valence-electron chi connectivity index (χ0n) is 12.4. The van der Waals surface area contributed by atoms with E-state index in [-0.39, 0.29) is 12.0 Å². The number of carbonyl (C=O) groups is 1. The predicted octanol–water partition coefficient (Wildman–Crippen LogP) is 2.21. The Morgan fingerprint density at radius 2 is 1.95 bits per heavy atom. The molecular formula is C15H19F3N2O2. The van der Waals surface area contributed by atoms with Crippen molar-refractivity contribution in [1.29, 1.82) is 0 Å². The summed E-state index contributed by atoms with van der Waals surface area (Å²) in [5, 5.41) is 5.23. The summed E-state index contributed by atoms with van der Waals surface area (Å²) in [6.07, 6.45) is -4.39. The molecule has 3 unspecified atom stereocenters. The first kappa shape index (κ1) is 16.6. The topological polar surface area (TPSA) is 50.4 Å². The van der Waals surface area contributed by atoms with Gasteiger partial charge in [-0.05, 0) is 37.0 Å². The number of alkyl halides is 3. The first-order valence-electron chi connectivity index (χ1n) is 7.06. The van der Waals surface area contributed by atoms with Crippen molar-refractivity contribution in [1.82, 2.24) is 10.6 Å². The fourth-order valence-electron chi connectivity index (χ4n) is 2.63. The zero-order chi connectivity index (χ0) is 16.3. The molecule has 3 atom stereocenters. The van der Waals surface area contributed by atoms with Gasteiger partial charge in [-0.25, -0.2) is 0 Å². The second kappa shape index (κ2) is 6.56. The summed E-state index contributed by atoms with van der Waals surface area (Å²) in [7, 11) is 1.57. The minimum atomic E-state index is -4.85. The lowest BCUT2D eigenvalue weighted by Crippen LogP contribution is -2.56. The molecule has 1 aromatic carbocycles. The normalized spacial score (nSPS) is 25.6. The molecule has 4 nitrogen and oxygen atoms in total. The summed E-state index contributed by atoms with van der Waals surface area (Å²) in [5.41, 5.74) is 1.01. The van der Waals surface area contributed by atoms with E-state index in [0.29, 0.717) is 13.0 Å². The average molecular weight is 316 g/mol. The molecule has 1 aromatic rings. The molecule has 0 aromatic heterocycles. The number of rotatable bonds is 3. The Kier molecular flexibility index (Phi) is 4.95. The first-order valence-corrected chi connectivity index (χ1v) is 7.06. The largest absolute Gasteiger partial charge is 0.497 e. The Hall–Kier alpha value is -1.76. The number of carbonyl (C=O) groups excluding carboxylic acids is 1. The van der Waals surface area contributed by atoms with Gasteiger partial charge in [0, 0.05) is 18.6 Å². The molecule has 22 heavy (non-hydrogen) atoms. The third-order valence-electron chi connectivity index (χ3n) is 3.99. The van der Waals surface area contributed by atoms with E-state index in [2.05, 4.69) is 10.6 Å². The molecule has 1 saturated heterocycles. The van der Waals surface area contributed by atoms with E-state index in [1.807, 2.05) is 24.3 Å². The van der Waals surface area contributed by atoms with E-state index in [4.69, 9.17) is 4.74 Å². The molecule has 1 heterocycles. The maximum Gasteiger partial charge on any atom is 0.471 e. The number of halogens is 3. The van der Waals surface area contributed by atoms with Crippen LogP contribution in [-0.4, -0.2) is 37.8 Å². The van der Waals surface area contributed by atoms with Crippen LogP contribution in [0, 0.1) is 0 Å². The fraction of sp³-hybridized carbons (Fsp3) is 0.533. The van der Waals surface area contributed by atoms with E-state index >= 15 is 0 Å². The molecule has 1 aliphatic rings. The van der Waals surface area contributed by atoms with Gasteiger partial charge in [0.2, 0.25) is 0 Å². The van der Waals surface area contributed by atoms with E-state index < -0.39 is 18.1 Å². The van der Waals surface area contributed by atoms with Gasteiger partial charge in [0.15, 0.2) is 0 Å². The molecule has 122 valence electrons. The number of hydrogen-bond donors (Lipinski definition) is 2. The number of methoxy groups -OCH3 is 1. The van der Waals surface area contributed by atoms with Crippen molar-refractivity contribution in [3.8, 4) is 5.75 Å². The Morgan fingerprint density at radius 1 is 1.32 bits per heavy atom. The van der Waals surface area contributed by atoms with Crippen molar-refractivity contribution >= 4 is 5.91 Å². The summed E-state index contributed by atoms with van der Waals surface area (Å²) >= 11 is 0. The average Bonchev–Trinajstić information content (AvgIpc) is 2.48. The monoisotopic (exact) mass is 316 g/mol. The third kappa shape index (κ3) is 3.91. The van der Waals surface area contributed by atoms with Gasteiger partial charge >= 0.3 is 12.1 Å². The third-order valence-corrected chi connectivity index (χ3v) is 3.99. The highest BCUT2D eigenvalue weighted by molar-refractivity contribution is 5.82. The lowest BCUT2D eigenvalue weighted by Gasteiger charge is -2.36. The van der Waals surface area contributed by atoms with Crippen molar-refractivity contribution < 1.29 is 22.7 Å². The number of nitrogens with one attached hydrogen (secondary N) is 2. The molecule has 2 rings (SSSR count). The molecule has 0 saturated carbocycles. The van der Waals surface area contributed by atoms with Crippen LogP contribution in [0.1, 0.15) is 24.8 Å². The Bertz CT molecular complexity index is 517. The quantitative estimate of drug-likeness (QED) is 0.899. The summed E-state index contributed by atoms with van der Waals surface area (Å²) < 4.78 is 42.3. The maximum absolute atomic E-state index is 12.4. The summed E-state index contributed by atoms with van der Waals surface area (Å²) in [6, 6.07) is 6.65. The molecule has 1 fully saturated rings. The van der Waals surface area contributed by atoms with Crippen LogP contribution < -0.4 is 15.4 Å². The van der Waals surface area contributed by atoms with Crippen LogP contribution in [0.2, 0.25) is 0 Å². The number of amides is 1. The van der Waals surface area contributed by atoms with Crippen LogP contribution in [0.4, 0.5) is 13.2 Å². The molecule has 0 aliphatic carbocycles. The van der Waals surface area contributed by atoms with Crippen LogP contribution in [0.3, 0.4) is 0 Å². The SMILES string of the molecule is COc1ccc(C2CNC(C)C(NC(=O)C(F)(F)F)C2)cc1. The lowest BCUT2D eigenvalue weighted by atomic mass is 9.86. The van der Waals surface area contributed by atoms with Gasteiger partial charge < -0.3 is 15.4 Å². The molecule has 1 aliphatic heterocycles. The van der Waals surface area contributed by atoms with Gasteiger partial charge in [-0.15, -0.1) is 0 Å². The highest BCUT2D eigenvalue weighted by Crippen LogP contribution is 2.27. The fourth-order valence-corrected chi connectivity index (χ4v) is 2.63. The number of piperidine rings is 1. The Balaban J connectivity index is 2.05. The predicted molar refractivity (Wildman–Crippen MR) is 75.8 cm³/mol. The molecular weight excluding hydrogens is 297 g/mol. The van der Waals surface area contributed by atoms with Crippen molar-refractivity contribution in [2.75, 3.05) is 13.7 Å². The summed E-state index contributed by atoms with van der Waals surface area (Å²) in [4.78, 5) is 11.1. The second-order valence-corrected chi connectivity index (χ2v) is 5.48. The smallest absolute Gasteiger partial charge is 0.471 e. The van der Waals surface area contributed by atoms with Crippen molar-refractivity contribution in [2.24, 2.45) is 0 Å². The second-order valence-electron chi connectivity index (χ2n) is 5.48. The molecule has 0 radical (unpaired) electrons. The van der Waals surface area contributed by atoms with E-state index in [1.165, 1.54) is 0 Å². The molecule has 0 spiro atoms. The number of hydrogen-bond acceptors (Lipinski definition) is 3. The van der Waals surface area contributed by atoms with E-state index in [1.54, 1.807) is 14.0 Å². The van der Waals surface area contributed by atoms with Crippen molar-refractivity contribution in [3.05, 3.63) is 29.8 Å². The zero-order valence-corrected chi connectivity index (χ0v) is 12.4. The Morgan fingerprint density at radius 3 is 2.50 bits per heavy atom. The molecule has 2 N–H and O–H groups in total. The van der Waals surface area contributed by atoms with Gasteiger partial charge in [-0.3, -0.25) is 4.79 Å². The van der Waals surface area contributed by atoms with Gasteiger partial charge in [0.25, 0.3) is 0 Å². The van der Waals surface area contributed by atoms with Gasteiger partial charge in [0.1, 0.15) is 5.75 Å². The summed E-state index contributed by atoms with van der Waals surface area (Å²) in [6.45, 7) is 2.43. The standard InChI is InChI=1S/C15H19F3N2O2/c1-9-13(20-14(21)15(16,17)18)7-11(8-19-9)10-3-5-12(22-2)6-4-10/h3-6,9,11,13,19H,7-8H2,1-2H3,(H,20,21). The van der Waals surface area contributed by atoms with Crippen LogP contribution in [0.5, 0.6) is 5.75 Å². The van der Waals surface area contributed by atoms with E-state index in [9.17, 15) is 18.0 Å². The van der Waals surface area contributed by atoms with Gasteiger partial charge in [-0.2, -0.15) is 13.2 Å².